The highest BCUT2D eigenvalue weighted by atomic mass is 16.7. The Hall–Kier alpha value is -2.57. The molecular weight excluding hydrogens is 640 g/mol. The quantitative estimate of drug-likeness (QED) is 0.0791. The van der Waals surface area contributed by atoms with Gasteiger partial charge < -0.3 is 42.6 Å². The van der Waals surface area contributed by atoms with Gasteiger partial charge in [-0.1, -0.05) is 32.9 Å². The van der Waals surface area contributed by atoms with E-state index in [1.165, 1.54) is 16.7 Å². The van der Waals surface area contributed by atoms with Crippen LogP contribution in [0.25, 0.3) is 11.1 Å². The topological polar surface area (TPSA) is 100 Å². The number of benzene rings is 2. The summed E-state index contributed by atoms with van der Waals surface area (Å²) in [4.78, 5) is 13.1. The molecule has 274 valence electrons. The number of carbonyl (C=O) groups excluding carboxylic acids is 1. The number of fused-ring (bicyclic) bond motifs is 3. The van der Waals surface area contributed by atoms with E-state index in [4.69, 9.17) is 42.6 Å². The minimum Gasteiger partial charge on any atom is -0.468 e. The maximum absolute atomic E-state index is 13.1. The molecule has 3 aliphatic carbocycles. The molecule has 50 heavy (non-hydrogen) atoms. The number of esters is 1. The predicted molar refractivity (Wildman–Crippen MR) is 185 cm³/mol. The van der Waals surface area contributed by atoms with Gasteiger partial charge in [0.2, 0.25) is 0 Å². The second-order valence-corrected chi connectivity index (χ2v) is 15.8. The van der Waals surface area contributed by atoms with Crippen LogP contribution in [0, 0.1) is 16.7 Å². The van der Waals surface area contributed by atoms with Gasteiger partial charge in [-0.3, -0.25) is 4.79 Å². The Morgan fingerprint density at radius 1 is 0.660 bits per heavy atom. The third-order valence-corrected chi connectivity index (χ3v) is 11.1. The zero-order valence-corrected chi connectivity index (χ0v) is 30.0. The van der Waals surface area contributed by atoms with Crippen molar-refractivity contribution in [3.8, 4) is 22.6 Å². The number of hydrogen-bond donors (Lipinski definition) is 0. The molecule has 10 nitrogen and oxygen atoms in total. The highest BCUT2D eigenvalue weighted by Gasteiger charge is 2.35. The van der Waals surface area contributed by atoms with Crippen molar-refractivity contribution in [2.75, 3.05) is 60.0 Å². The lowest BCUT2D eigenvalue weighted by molar-refractivity contribution is -0.176. The molecular formula is C40H54O10. The second-order valence-electron chi connectivity index (χ2n) is 15.8. The summed E-state index contributed by atoms with van der Waals surface area (Å²) >= 11 is 0. The Morgan fingerprint density at radius 2 is 1.12 bits per heavy atom. The van der Waals surface area contributed by atoms with Gasteiger partial charge in [0.1, 0.15) is 25.1 Å². The van der Waals surface area contributed by atoms with Crippen LogP contribution in [0.1, 0.15) is 89.2 Å². The third kappa shape index (κ3) is 8.72. The van der Waals surface area contributed by atoms with Crippen molar-refractivity contribution in [1.82, 2.24) is 0 Å². The van der Waals surface area contributed by atoms with Crippen molar-refractivity contribution in [3.63, 3.8) is 0 Å². The predicted octanol–water partition coefficient (Wildman–Crippen LogP) is 7.00. The standard InChI is InChI=1S/C40H54O10/c1-27-36-16-32(49-26-48-31-10-8-30(9-11-31)47-25-45-23-40(3)20-43-21-40)12-14-34(36)35-15-13-33(17-37(27)35)50-38(41)28-4-6-29(7-5-28)46-24-44-22-39(2)18-42-19-39/h12-17,27-31H,4-11,18-26H2,1-3H3. The van der Waals surface area contributed by atoms with Crippen LogP contribution in [0.2, 0.25) is 0 Å². The van der Waals surface area contributed by atoms with Gasteiger partial charge in [0.15, 0.2) is 6.79 Å². The summed E-state index contributed by atoms with van der Waals surface area (Å²) in [5, 5.41) is 0. The highest BCUT2D eigenvalue weighted by molar-refractivity contribution is 5.81. The molecule has 0 amide bonds. The molecule has 0 N–H and O–H groups in total. The first kappa shape index (κ1) is 35.8. The lowest BCUT2D eigenvalue weighted by Gasteiger charge is -2.37. The van der Waals surface area contributed by atoms with Crippen LogP contribution in [0.3, 0.4) is 0 Å². The van der Waals surface area contributed by atoms with Crippen LogP contribution < -0.4 is 9.47 Å². The molecule has 7 rings (SSSR count). The van der Waals surface area contributed by atoms with E-state index < -0.39 is 0 Å². The van der Waals surface area contributed by atoms with Gasteiger partial charge in [0.25, 0.3) is 0 Å². The van der Waals surface area contributed by atoms with E-state index in [2.05, 4.69) is 39.0 Å². The summed E-state index contributed by atoms with van der Waals surface area (Å²) in [5.41, 5.74) is 4.99. The summed E-state index contributed by atoms with van der Waals surface area (Å²) in [5.74, 6) is 1.28. The van der Waals surface area contributed by atoms with Crippen molar-refractivity contribution in [3.05, 3.63) is 47.5 Å². The Labute approximate surface area is 296 Å². The molecule has 2 aromatic carbocycles. The molecule has 10 heteroatoms. The summed E-state index contributed by atoms with van der Waals surface area (Å²) < 4.78 is 52.0. The van der Waals surface area contributed by atoms with Crippen molar-refractivity contribution < 1.29 is 47.4 Å². The SMILES string of the molecule is CC1c2cc(OCOC3CCC(OCOCC4(C)COC4)CC3)ccc2-c2ccc(OC(=O)C3CCC(OCOCC4(C)COC4)CC3)cc21. The normalized spacial score (nSPS) is 27.8. The molecule has 0 bridgehead atoms. The third-order valence-electron chi connectivity index (χ3n) is 11.1. The molecule has 1 atom stereocenters. The number of carbonyl (C=O) groups is 1. The first-order valence-electron chi connectivity index (χ1n) is 18.5. The van der Waals surface area contributed by atoms with E-state index in [1.54, 1.807) is 0 Å². The average Bonchev–Trinajstić information content (AvgIpc) is 3.38. The molecule has 5 aliphatic rings. The molecule has 2 saturated carbocycles. The van der Waals surface area contributed by atoms with Crippen molar-refractivity contribution >= 4 is 5.97 Å². The zero-order chi connectivity index (χ0) is 34.6. The average molecular weight is 695 g/mol. The van der Waals surface area contributed by atoms with Gasteiger partial charge in [0.05, 0.1) is 63.9 Å². The van der Waals surface area contributed by atoms with Crippen LogP contribution in [-0.4, -0.2) is 84.3 Å². The molecule has 2 aliphatic heterocycles. The van der Waals surface area contributed by atoms with Crippen molar-refractivity contribution in [2.24, 2.45) is 16.7 Å². The highest BCUT2D eigenvalue weighted by Crippen LogP contribution is 2.47. The van der Waals surface area contributed by atoms with Gasteiger partial charge in [-0.05, 0) is 97.9 Å². The fraction of sp³-hybridized carbons (Fsp3) is 0.675. The fourth-order valence-corrected chi connectivity index (χ4v) is 7.77. The van der Waals surface area contributed by atoms with Crippen LogP contribution in [0.5, 0.6) is 11.5 Å². The lowest BCUT2D eigenvalue weighted by atomic mass is 9.87. The zero-order valence-electron chi connectivity index (χ0n) is 30.0. The van der Waals surface area contributed by atoms with Crippen molar-refractivity contribution in [2.45, 2.75) is 96.4 Å². The van der Waals surface area contributed by atoms with Gasteiger partial charge in [-0.2, -0.15) is 0 Å². The minimum atomic E-state index is -0.156. The van der Waals surface area contributed by atoms with Gasteiger partial charge >= 0.3 is 5.97 Å². The van der Waals surface area contributed by atoms with E-state index in [9.17, 15) is 4.79 Å². The van der Waals surface area contributed by atoms with Gasteiger partial charge in [-0.25, -0.2) is 0 Å². The number of ether oxygens (including phenoxy) is 9. The fourth-order valence-electron chi connectivity index (χ4n) is 7.77. The smallest absolute Gasteiger partial charge is 0.314 e. The largest absolute Gasteiger partial charge is 0.468 e. The first-order chi connectivity index (χ1) is 24.3. The van der Waals surface area contributed by atoms with Crippen LogP contribution in [0.15, 0.2) is 36.4 Å². The Kier molecular flexibility index (Phi) is 11.4. The molecule has 2 saturated heterocycles. The summed E-state index contributed by atoms with van der Waals surface area (Å²) in [6, 6.07) is 12.2. The van der Waals surface area contributed by atoms with Gasteiger partial charge in [0, 0.05) is 16.7 Å². The minimum absolute atomic E-state index is 0.115. The molecule has 4 fully saturated rings. The van der Waals surface area contributed by atoms with Crippen LogP contribution in [0.4, 0.5) is 0 Å². The molecule has 2 aromatic rings. The molecule has 0 aromatic heterocycles. The molecule has 0 radical (unpaired) electrons. The van der Waals surface area contributed by atoms with E-state index >= 15 is 0 Å². The van der Waals surface area contributed by atoms with E-state index in [0.717, 1.165) is 89.1 Å². The second kappa shape index (κ2) is 16.0. The Balaban J connectivity index is 0.810. The Bertz CT molecular complexity index is 1440. The van der Waals surface area contributed by atoms with E-state index in [0.29, 0.717) is 25.8 Å². The van der Waals surface area contributed by atoms with Crippen LogP contribution in [-0.2, 0) is 38.0 Å². The maximum atomic E-state index is 13.1. The number of rotatable bonds is 16. The van der Waals surface area contributed by atoms with Crippen molar-refractivity contribution in [1.29, 1.82) is 0 Å². The molecule has 1 unspecified atom stereocenters. The monoisotopic (exact) mass is 694 g/mol. The van der Waals surface area contributed by atoms with E-state index in [1.807, 2.05) is 18.2 Å². The first-order valence-corrected chi connectivity index (χ1v) is 18.5. The summed E-state index contributed by atoms with van der Waals surface area (Å²) in [6.07, 6.45) is 7.52. The Morgan fingerprint density at radius 3 is 1.62 bits per heavy atom. The maximum Gasteiger partial charge on any atom is 0.314 e. The molecule has 2 heterocycles. The molecule has 0 spiro atoms. The number of hydrogen-bond acceptors (Lipinski definition) is 10. The lowest BCUT2D eigenvalue weighted by Crippen LogP contribution is -2.43. The summed E-state index contributed by atoms with van der Waals surface area (Å²) in [6.45, 7) is 11.7. The summed E-state index contributed by atoms with van der Waals surface area (Å²) in [7, 11) is 0. The van der Waals surface area contributed by atoms with Gasteiger partial charge in [-0.15, -0.1) is 0 Å². The van der Waals surface area contributed by atoms with E-state index in [-0.39, 0.29) is 60.5 Å². The van der Waals surface area contributed by atoms with Crippen LogP contribution >= 0.6 is 0 Å².